The summed E-state index contributed by atoms with van der Waals surface area (Å²) in [7, 11) is 1.99. The van der Waals surface area contributed by atoms with E-state index in [4.69, 9.17) is 4.42 Å². The normalized spacial score (nSPS) is 13.4. The fraction of sp³-hybridized carbons (Fsp3) is 0.467. The molecule has 2 nitrogen and oxygen atoms in total. The molecule has 1 aromatic carbocycles. The molecular weight excluding hydrogens is 242 g/mol. The van der Waals surface area contributed by atoms with Gasteiger partial charge in [0.25, 0.3) is 0 Å². The second-order valence-corrected chi connectivity index (χ2v) is 6.47. The number of hydrogen-bond donors (Lipinski definition) is 1. The molecule has 1 heterocycles. The van der Waals surface area contributed by atoms with E-state index in [2.05, 4.69) is 50.4 Å². The van der Waals surface area contributed by atoms with Crippen LogP contribution in [0.1, 0.15) is 31.2 Å². The molecule has 0 aliphatic heterocycles. The molecule has 1 unspecified atom stereocenters. The van der Waals surface area contributed by atoms with E-state index in [0.29, 0.717) is 5.25 Å². The van der Waals surface area contributed by atoms with E-state index in [9.17, 15) is 0 Å². The van der Waals surface area contributed by atoms with E-state index >= 15 is 0 Å². The Hall–Kier alpha value is -0.930. The summed E-state index contributed by atoms with van der Waals surface area (Å²) in [6, 6.07) is 8.72. The van der Waals surface area contributed by atoms with Gasteiger partial charge in [0, 0.05) is 11.1 Å². The number of nitrogens with one attached hydrogen (secondary N) is 1. The second-order valence-electron chi connectivity index (χ2n) is 4.87. The summed E-state index contributed by atoms with van der Waals surface area (Å²) in [4.78, 5) is 0. The summed E-state index contributed by atoms with van der Waals surface area (Å²) in [5, 5.41) is 5.18. The Balaban J connectivity index is 2.25. The zero-order valence-electron chi connectivity index (χ0n) is 11.5. The van der Waals surface area contributed by atoms with Gasteiger partial charge in [-0.3, -0.25) is 0 Å². The molecule has 0 aliphatic rings. The lowest BCUT2D eigenvalue weighted by Crippen LogP contribution is -2.18. The van der Waals surface area contributed by atoms with E-state index in [-0.39, 0.29) is 6.04 Å². The van der Waals surface area contributed by atoms with E-state index < -0.39 is 0 Å². The van der Waals surface area contributed by atoms with E-state index in [1.54, 1.807) is 0 Å². The highest BCUT2D eigenvalue weighted by Crippen LogP contribution is 2.28. The Morgan fingerprint density at radius 3 is 2.72 bits per heavy atom. The number of thioether (sulfide) groups is 1. The highest BCUT2D eigenvalue weighted by Gasteiger charge is 2.15. The van der Waals surface area contributed by atoms with Gasteiger partial charge in [-0.2, -0.15) is 11.8 Å². The number of hydrogen-bond acceptors (Lipinski definition) is 3. The molecule has 2 aromatic rings. The van der Waals surface area contributed by atoms with E-state index in [1.807, 2.05) is 18.8 Å². The fourth-order valence-corrected chi connectivity index (χ4v) is 2.91. The topological polar surface area (TPSA) is 25.2 Å². The summed E-state index contributed by atoms with van der Waals surface area (Å²) in [5.74, 6) is 2.07. The van der Waals surface area contributed by atoms with Crippen LogP contribution in [-0.4, -0.2) is 18.1 Å². The number of rotatable bonds is 5. The zero-order valence-corrected chi connectivity index (χ0v) is 12.3. The van der Waals surface area contributed by atoms with Gasteiger partial charge in [-0.25, -0.2) is 0 Å². The van der Waals surface area contributed by atoms with Crippen LogP contribution in [-0.2, 0) is 0 Å². The first-order chi connectivity index (χ1) is 8.61. The number of furan rings is 1. The number of benzene rings is 1. The van der Waals surface area contributed by atoms with Gasteiger partial charge < -0.3 is 9.73 Å². The van der Waals surface area contributed by atoms with Crippen LogP contribution in [0.25, 0.3) is 11.0 Å². The third-order valence-electron chi connectivity index (χ3n) is 3.05. The van der Waals surface area contributed by atoms with Gasteiger partial charge in [0.2, 0.25) is 0 Å². The van der Waals surface area contributed by atoms with Crippen LogP contribution < -0.4 is 5.32 Å². The van der Waals surface area contributed by atoms with Crippen molar-refractivity contribution in [2.75, 3.05) is 12.8 Å². The van der Waals surface area contributed by atoms with Crippen molar-refractivity contribution in [1.29, 1.82) is 0 Å². The average molecular weight is 263 g/mol. The van der Waals surface area contributed by atoms with Crippen molar-refractivity contribution in [3.63, 3.8) is 0 Å². The largest absolute Gasteiger partial charge is 0.459 e. The average Bonchev–Trinajstić information content (AvgIpc) is 2.75. The van der Waals surface area contributed by atoms with Crippen LogP contribution >= 0.6 is 11.8 Å². The minimum absolute atomic E-state index is 0.282. The highest BCUT2D eigenvalue weighted by molar-refractivity contribution is 7.99. The van der Waals surface area contributed by atoms with Gasteiger partial charge in [-0.1, -0.05) is 32.0 Å². The van der Waals surface area contributed by atoms with Crippen molar-refractivity contribution in [2.24, 2.45) is 0 Å². The molecule has 0 fully saturated rings. The first-order valence-corrected chi connectivity index (χ1v) is 7.44. The third-order valence-corrected chi connectivity index (χ3v) is 4.24. The summed E-state index contributed by atoms with van der Waals surface area (Å²) in [5.41, 5.74) is 2.22. The predicted octanol–water partition coefficient (Wildman–Crippen LogP) is 4.14. The standard InChI is InChI=1S/C15H21NOS/c1-10(2)18-9-13(16-4)14-8-12-7-5-6-11(3)15(12)17-14/h5-8,10,13,16H,9H2,1-4H3. The summed E-state index contributed by atoms with van der Waals surface area (Å²) < 4.78 is 6.01. The SMILES string of the molecule is CNC(CSC(C)C)c1cc2cccc(C)c2o1. The van der Waals surface area contributed by atoms with Crippen LogP contribution in [0.5, 0.6) is 0 Å². The molecule has 0 amide bonds. The Morgan fingerprint density at radius 1 is 1.33 bits per heavy atom. The van der Waals surface area contributed by atoms with Crippen molar-refractivity contribution >= 4 is 22.7 Å². The lowest BCUT2D eigenvalue weighted by Gasteiger charge is -2.14. The first-order valence-electron chi connectivity index (χ1n) is 6.39. The van der Waals surface area contributed by atoms with Crippen LogP contribution in [0.2, 0.25) is 0 Å². The molecule has 98 valence electrons. The third kappa shape index (κ3) is 2.90. The highest BCUT2D eigenvalue weighted by atomic mass is 32.2. The lowest BCUT2D eigenvalue weighted by molar-refractivity contribution is 0.478. The molecule has 0 saturated carbocycles. The molecule has 18 heavy (non-hydrogen) atoms. The molecule has 1 N–H and O–H groups in total. The fourth-order valence-electron chi connectivity index (χ4n) is 2.00. The summed E-state index contributed by atoms with van der Waals surface area (Å²) in [6.45, 7) is 6.53. The monoisotopic (exact) mass is 263 g/mol. The molecule has 1 atom stereocenters. The van der Waals surface area contributed by atoms with Crippen LogP contribution in [0.4, 0.5) is 0 Å². The Kier molecular flexibility index (Phi) is 4.36. The van der Waals surface area contributed by atoms with E-state index in [0.717, 1.165) is 17.1 Å². The minimum Gasteiger partial charge on any atom is -0.459 e. The van der Waals surface area contributed by atoms with Crippen LogP contribution in [0.15, 0.2) is 28.7 Å². The van der Waals surface area contributed by atoms with Gasteiger partial charge in [0.15, 0.2) is 0 Å². The van der Waals surface area contributed by atoms with Gasteiger partial charge in [0.1, 0.15) is 11.3 Å². The predicted molar refractivity (Wildman–Crippen MR) is 80.3 cm³/mol. The maximum Gasteiger partial charge on any atom is 0.137 e. The molecule has 3 heteroatoms. The Labute approximate surface area is 113 Å². The molecule has 0 saturated heterocycles. The Bertz CT molecular complexity index is 518. The quantitative estimate of drug-likeness (QED) is 0.877. The maximum absolute atomic E-state index is 6.01. The first kappa shape index (κ1) is 13.5. The number of para-hydroxylation sites is 1. The van der Waals surface area contributed by atoms with E-state index in [1.165, 1.54) is 10.9 Å². The Morgan fingerprint density at radius 2 is 2.11 bits per heavy atom. The van der Waals surface area contributed by atoms with Crippen molar-refractivity contribution in [3.8, 4) is 0 Å². The zero-order chi connectivity index (χ0) is 13.1. The second kappa shape index (κ2) is 5.81. The summed E-state index contributed by atoms with van der Waals surface area (Å²) >= 11 is 1.95. The molecular formula is C15H21NOS. The number of aryl methyl sites for hydroxylation is 1. The lowest BCUT2D eigenvalue weighted by atomic mass is 10.1. The van der Waals surface area contributed by atoms with Crippen molar-refractivity contribution in [2.45, 2.75) is 32.1 Å². The van der Waals surface area contributed by atoms with Crippen molar-refractivity contribution in [1.82, 2.24) is 5.32 Å². The minimum atomic E-state index is 0.282. The van der Waals surface area contributed by atoms with Gasteiger partial charge in [-0.05, 0) is 30.9 Å². The molecule has 0 spiro atoms. The van der Waals surface area contributed by atoms with Gasteiger partial charge >= 0.3 is 0 Å². The van der Waals surface area contributed by atoms with Gasteiger partial charge in [-0.15, -0.1) is 0 Å². The van der Waals surface area contributed by atoms with Crippen LogP contribution in [0.3, 0.4) is 0 Å². The van der Waals surface area contributed by atoms with Crippen molar-refractivity contribution < 1.29 is 4.42 Å². The maximum atomic E-state index is 6.01. The smallest absolute Gasteiger partial charge is 0.137 e. The van der Waals surface area contributed by atoms with Gasteiger partial charge in [0.05, 0.1) is 6.04 Å². The van der Waals surface area contributed by atoms with Crippen molar-refractivity contribution in [3.05, 3.63) is 35.6 Å². The molecule has 0 aliphatic carbocycles. The molecule has 2 rings (SSSR count). The number of fused-ring (bicyclic) bond motifs is 1. The molecule has 1 aromatic heterocycles. The molecule has 0 radical (unpaired) electrons. The van der Waals surface area contributed by atoms with Crippen LogP contribution in [0, 0.1) is 6.92 Å². The molecule has 0 bridgehead atoms. The summed E-state index contributed by atoms with van der Waals surface area (Å²) in [6.07, 6.45) is 0.